The van der Waals surface area contributed by atoms with Crippen molar-refractivity contribution in [1.29, 1.82) is 0 Å². The quantitative estimate of drug-likeness (QED) is 0.467. The van der Waals surface area contributed by atoms with Gasteiger partial charge in [0.05, 0.1) is 0 Å². The predicted octanol–water partition coefficient (Wildman–Crippen LogP) is 7.43. The van der Waals surface area contributed by atoms with Gasteiger partial charge >= 0.3 is 0 Å². The maximum atomic E-state index is 2.63. The second-order valence-electron chi connectivity index (χ2n) is 9.26. The first-order valence-electron chi connectivity index (χ1n) is 10.9. The van der Waals surface area contributed by atoms with Gasteiger partial charge < -0.3 is 0 Å². The minimum absolute atomic E-state index is 0.144. The molecule has 0 radical (unpaired) electrons. The first-order chi connectivity index (χ1) is 11.8. The van der Waals surface area contributed by atoms with E-state index in [9.17, 15) is 0 Å². The Labute approximate surface area is 151 Å². The molecule has 24 heavy (non-hydrogen) atoms. The number of hydrogen-bond acceptors (Lipinski definition) is 0. The highest BCUT2D eigenvalue weighted by Crippen LogP contribution is 2.71. The Bertz CT molecular complexity index is 440. The molecule has 3 fully saturated rings. The van der Waals surface area contributed by atoms with Crippen LogP contribution in [0.25, 0.3) is 0 Å². The average Bonchev–Trinajstić information content (AvgIpc) is 3.10. The van der Waals surface area contributed by atoms with Crippen molar-refractivity contribution >= 4 is 7.92 Å². The van der Waals surface area contributed by atoms with Crippen LogP contribution in [0.15, 0.2) is 24.3 Å². The summed E-state index contributed by atoms with van der Waals surface area (Å²) >= 11 is 0. The van der Waals surface area contributed by atoms with Gasteiger partial charge in [-0.2, -0.15) is 0 Å². The van der Waals surface area contributed by atoms with Gasteiger partial charge in [-0.3, -0.25) is 0 Å². The lowest BCUT2D eigenvalue weighted by atomic mass is 9.83. The predicted molar refractivity (Wildman–Crippen MR) is 108 cm³/mol. The summed E-state index contributed by atoms with van der Waals surface area (Å²) in [5.74, 6) is 2.16. The summed E-state index contributed by atoms with van der Waals surface area (Å²) in [6.45, 7) is 2.63. The van der Waals surface area contributed by atoms with Gasteiger partial charge in [-0.15, -0.1) is 0 Å². The number of allylic oxidation sites excluding steroid dienone is 4. The van der Waals surface area contributed by atoms with Crippen LogP contribution in [0.1, 0.15) is 90.4 Å². The van der Waals surface area contributed by atoms with Gasteiger partial charge in [0.25, 0.3) is 0 Å². The fraction of sp³-hybridized carbons (Fsp3) is 0.826. The van der Waals surface area contributed by atoms with E-state index in [1.807, 2.05) is 0 Å². The molecule has 0 N–H and O–H groups in total. The van der Waals surface area contributed by atoms with Crippen LogP contribution in [0.2, 0.25) is 0 Å². The fourth-order valence-corrected chi connectivity index (χ4v) is 11.4. The van der Waals surface area contributed by atoms with Gasteiger partial charge in [0.2, 0.25) is 0 Å². The molecule has 0 amide bonds. The molecular weight excluding hydrogens is 307 g/mol. The Balaban J connectivity index is 1.59. The van der Waals surface area contributed by atoms with E-state index in [1.165, 1.54) is 44.9 Å². The molecule has 1 heteroatoms. The molecule has 0 bridgehead atoms. The lowest BCUT2D eigenvalue weighted by Crippen LogP contribution is -2.33. The molecular formula is C23H37P. The Morgan fingerprint density at radius 1 is 0.708 bits per heavy atom. The van der Waals surface area contributed by atoms with Crippen LogP contribution in [0.4, 0.5) is 0 Å². The summed E-state index contributed by atoms with van der Waals surface area (Å²) in [5.41, 5.74) is 2.18. The van der Waals surface area contributed by atoms with Gasteiger partial charge in [-0.05, 0) is 68.1 Å². The van der Waals surface area contributed by atoms with Crippen LogP contribution < -0.4 is 0 Å². The molecule has 0 aromatic carbocycles. The minimum atomic E-state index is 0.144. The first kappa shape index (κ1) is 17.3. The Morgan fingerprint density at radius 3 is 1.71 bits per heavy atom. The molecule has 3 atom stereocenters. The Morgan fingerprint density at radius 2 is 1.25 bits per heavy atom. The molecule has 0 aromatic heterocycles. The van der Waals surface area contributed by atoms with Crippen LogP contribution in [0, 0.1) is 11.8 Å². The van der Waals surface area contributed by atoms with Gasteiger partial charge in [-0.1, -0.05) is 77.7 Å². The van der Waals surface area contributed by atoms with Crippen molar-refractivity contribution in [2.24, 2.45) is 11.8 Å². The normalized spacial score (nSPS) is 41.8. The van der Waals surface area contributed by atoms with E-state index in [2.05, 4.69) is 31.2 Å². The zero-order chi connectivity index (χ0) is 16.4. The third-order valence-corrected chi connectivity index (χ3v) is 12.0. The van der Waals surface area contributed by atoms with E-state index >= 15 is 0 Å². The van der Waals surface area contributed by atoms with Crippen LogP contribution >= 0.6 is 7.92 Å². The second-order valence-corrected chi connectivity index (χ2v) is 12.4. The van der Waals surface area contributed by atoms with Crippen molar-refractivity contribution in [3.63, 3.8) is 0 Å². The van der Waals surface area contributed by atoms with Gasteiger partial charge in [0.15, 0.2) is 0 Å². The SMILES string of the molecule is CC1(P2C(C3CCCCC3)CCC2C2CCCCC2)C=CC=CC1. The smallest absolute Gasteiger partial charge is 0.00982 e. The molecule has 3 unspecified atom stereocenters. The highest BCUT2D eigenvalue weighted by Gasteiger charge is 2.50. The topological polar surface area (TPSA) is 0 Å². The van der Waals surface area contributed by atoms with Crippen molar-refractivity contribution in [3.05, 3.63) is 24.3 Å². The van der Waals surface area contributed by atoms with Gasteiger partial charge in [0.1, 0.15) is 0 Å². The van der Waals surface area contributed by atoms with Crippen LogP contribution in [0.5, 0.6) is 0 Å². The van der Waals surface area contributed by atoms with E-state index in [0.717, 1.165) is 23.2 Å². The molecule has 0 spiro atoms. The van der Waals surface area contributed by atoms with E-state index < -0.39 is 0 Å². The summed E-state index contributed by atoms with van der Waals surface area (Å²) in [6, 6.07) is 0. The summed E-state index contributed by atoms with van der Waals surface area (Å²) < 4.78 is 0. The molecule has 134 valence electrons. The third kappa shape index (κ3) is 3.42. The molecule has 0 nitrogen and oxygen atoms in total. The van der Waals surface area contributed by atoms with Gasteiger partial charge in [0, 0.05) is 5.16 Å². The molecule has 1 aliphatic heterocycles. The molecule has 4 rings (SSSR count). The average molecular weight is 345 g/mol. The number of rotatable bonds is 3. The maximum absolute atomic E-state index is 2.63. The summed E-state index contributed by atoms with van der Waals surface area (Å²) in [7, 11) is 0.144. The summed E-state index contributed by atoms with van der Waals surface area (Å²) in [6.07, 6.45) is 29.5. The fourth-order valence-electron chi connectivity index (χ4n) is 6.49. The highest BCUT2D eigenvalue weighted by molar-refractivity contribution is 7.61. The van der Waals surface area contributed by atoms with E-state index in [-0.39, 0.29) is 7.92 Å². The van der Waals surface area contributed by atoms with Crippen molar-refractivity contribution in [3.8, 4) is 0 Å². The largest absolute Gasteiger partial charge is 0.0894 e. The Hall–Kier alpha value is -0.0900. The van der Waals surface area contributed by atoms with Crippen LogP contribution in [-0.4, -0.2) is 16.5 Å². The van der Waals surface area contributed by atoms with Crippen molar-refractivity contribution in [2.75, 3.05) is 0 Å². The molecule has 0 aromatic rings. The minimum Gasteiger partial charge on any atom is -0.0894 e. The monoisotopic (exact) mass is 344 g/mol. The molecule has 2 saturated carbocycles. The van der Waals surface area contributed by atoms with Crippen molar-refractivity contribution in [1.82, 2.24) is 0 Å². The molecule has 1 heterocycles. The third-order valence-electron chi connectivity index (χ3n) is 7.68. The first-order valence-corrected chi connectivity index (χ1v) is 12.4. The molecule has 1 saturated heterocycles. The Kier molecular flexibility index (Phi) is 5.53. The maximum Gasteiger partial charge on any atom is 0.00982 e. The molecule has 4 aliphatic rings. The highest BCUT2D eigenvalue weighted by atomic mass is 31.1. The van der Waals surface area contributed by atoms with E-state index in [4.69, 9.17) is 0 Å². The lowest BCUT2D eigenvalue weighted by molar-refractivity contribution is 0.332. The van der Waals surface area contributed by atoms with Gasteiger partial charge in [-0.25, -0.2) is 0 Å². The van der Waals surface area contributed by atoms with E-state index in [1.54, 1.807) is 38.5 Å². The van der Waals surface area contributed by atoms with Crippen molar-refractivity contribution in [2.45, 2.75) is 107 Å². The van der Waals surface area contributed by atoms with Crippen LogP contribution in [0.3, 0.4) is 0 Å². The zero-order valence-corrected chi connectivity index (χ0v) is 16.7. The second kappa shape index (κ2) is 7.65. The number of hydrogen-bond donors (Lipinski definition) is 0. The molecule has 3 aliphatic carbocycles. The summed E-state index contributed by atoms with van der Waals surface area (Å²) in [5, 5.41) is 0.505. The van der Waals surface area contributed by atoms with E-state index in [0.29, 0.717) is 5.16 Å². The standard InChI is InChI=1S/C23H37P/c1-23(17-9-4-10-18-23)24-21(19-11-5-2-6-12-19)15-16-22(24)20-13-7-3-8-14-20/h4,9-10,17,19-22H,2-3,5-8,11-16,18H2,1H3. The zero-order valence-electron chi connectivity index (χ0n) is 15.8. The van der Waals surface area contributed by atoms with Crippen LogP contribution in [-0.2, 0) is 0 Å². The lowest BCUT2D eigenvalue weighted by Gasteiger charge is -2.46. The summed E-state index contributed by atoms with van der Waals surface area (Å²) in [4.78, 5) is 0. The van der Waals surface area contributed by atoms with Crippen molar-refractivity contribution < 1.29 is 0 Å².